The molecule has 3 rings (SSSR count). The number of benzene rings is 2. The van der Waals surface area contributed by atoms with Crippen LogP contribution >= 0.6 is 0 Å². The first kappa shape index (κ1) is 23.0. The monoisotopic (exact) mass is 455 g/mol. The summed E-state index contributed by atoms with van der Waals surface area (Å²) in [6.45, 7) is 4.80. The first-order valence-electron chi connectivity index (χ1n) is 10.0. The number of pyridine rings is 1. The highest BCUT2D eigenvalue weighted by atomic mass is 32.2. The maximum Gasteiger partial charge on any atom is 0.293 e. The molecule has 9 nitrogen and oxygen atoms in total. The maximum atomic E-state index is 12.8. The second-order valence-corrected chi connectivity index (χ2v) is 8.96. The fraction of sp³-hybridized carbons (Fsp3) is 0.227. The summed E-state index contributed by atoms with van der Waals surface area (Å²) in [6.07, 6.45) is 2.37. The van der Waals surface area contributed by atoms with Gasteiger partial charge in [0.2, 0.25) is 0 Å². The molecule has 0 saturated heterocycles. The van der Waals surface area contributed by atoms with Gasteiger partial charge in [0, 0.05) is 25.4 Å². The van der Waals surface area contributed by atoms with Crippen LogP contribution in [0.15, 0.2) is 65.7 Å². The number of hydrogen-bond acceptors (Lipinski definition) is 7. The predicted molar refractivity (Wildman–Crippen MR) is 126 cm³/mol. The van der Waals surface area contributed by atoms with Gasteiger partial charge in [0.05, 0.1) is 15.5 Å². The smallest absolute Gasteiger partial charge is 0.293 e. The lowest BCUT2D eigenvalue weighted by atomic mass is 10.1. The zero-order chi connectivity index (χ0) is 23.1. The van der Waals surface area contributed by atoms with E-state index in [0.717, 1.165) is 23.0 Å². The Morgan fingerprint density at radius 1 is 0.969 bits per heavy atom. The third-order valence-electron chi connectivity index (χ3n) is 4.74. The van der Waals surface area contributed by atoms with E-state index in [1.165, 1.54) is 12.1 Å². The molecule has 0 aliphatic heterocycles. The third kappa shape index (κ3) is 5.94. The third-order valence-corrected chi connectivity index (χ3v) is 6.11. The molecule has 0 unspecified atom stereocenters. The Morgan fingerprint density at radius 2 is 1.72 bits per heavy atom. The van der Waals surface area contributed by atoms with Crippen LogP contribution in [0.25, 0.3) is 0 Å². The summed E-state index contributed by atoms with van der Waals surface area (Å²) < 4.78 is 28.1. The van der Waals surface area contributed by atoms with Gasteiger partial charge in [-0.25, -0.2) is 13.4 Å². The average molecular weight is 456 g/mol. The number of hydrogen-bond donors (Lipinski definition) is 3. The Balaban J connectivity index is 1.67. The van der Waals surface area contributed by atoms with Gasteiger partial charge < -0.3 is 10.6 Å². The Labute approximate surface area is 187 Å². The number of anilines is 3. The van der Waals surface area contributed by atoms with Crippen molar-refractivity contribution in [1.82, 2.24) is 4.98 Å². The van der Waals surface area contributed by atoms with Crippen LogP contribution in [0.4, 0.5) is 22.9 Å². The molecule has 32 heavy (non-hydrogen) atoms. The minimum absolute atomic E-state index is 0.174. The van der Waals surface area contributed by atoms with Gasteiger partial charge in [-0.3, -0.25) is 14.8 Å². The number of sulfonamides is 1. The summed E-state index contributed by atoms with van der Waals surface area (Å²) in [5.41, 5.74) is 2.16. The van der Waals surface area contributed by atoms with E-state index >= 15 is 0 Å². The zero-order valence-electron chi connectivity index (χ0n) is 17.8. The van der Waals surface area contributed by atoms with Gasteiger partial charge >= 0.3 is 0 Å². The Morgan fingerprint density at radius 3 is 2.41 bits per heavy atom. The molecular weight excluding hydrogens is 430 g/mol. The average Bonchev–Trinajstić information content (AvgIpc) is 2.76. The number of rotatable bonds is 10. The van der Waals surface area contributed by atoms with Gasteiger partial charge in [0.15, 0.2) is 0 Å². The molecule has 0 radical (unpaired) electrons. The minimum atomic E-state index is -3.98. The van der Waals surface area contributed by atoms with E-state index in [1.807, 2.05) is 31.2 Å². The van der Waals surface area contributed by atoms with Crippen molar-refractivity contribution in [1.29, 1.82) is 0 Å². The summed E-state index contributed by atoms with van der Waals surface area (Å²) in [4.78, 5) is 14.9. The number of nitrogens with one attached hydrogen (secondary N) is 3. The second-order valence-electron chi connectivity index (χ2n) is 7.28. The lowest BCUT2D eigenvalue weighted by Gasteiger charge is -2.13. The first-order valence-corrected chi connectivity index (χ1v) is 11.5. The van der Waals surface area contributed by atoms with E-state index in [0.29, 0.717) is 25.2 Å². The molecule has 1 heterocycles. The fourth-order valence-electron chi connectivity index (χ4n) is 3.11. The van der Waals surface area contributed by atoms with E-state index < -0.39 is 14.9 Å². The molecule has 0 spiro atoms. The highest BCUT2D eigenvalue weighted by molar-refractivity contribution is 7.92. The minimum Gasteiger partial charge on any atom is -0.379 e. The standard InChI is InChI=1S/C22H25N5O4S/c1-16-7-9-19(17(2)14-16)26-32(30,31)18-8-10-20(21(15-18)27(28)29)23-12-5-13-25-22-6-3-4-11-24-22/h3-4,6-11,14-15,23,26H,5,12-13H2,1-2H3,(H,24,25). The lowest BCUT2D eigenvalue weighted by molar-refractivity contribution is -0.384. The van der Waals surface area contributed by atoms with E-state index in [1.54, 1.807) is 25.3 Å². The molecule has 0 atom stereocenters. The van der Waals surface area contributed by atoms with Crippen molar-refractivity contribution in [3.05, 3.63) is 82.0 Å². The quantitative estimate of drug-likeness (QED) is 0.236. The van der Waals surface area contributed by atoms with Crippen molar-refractivity contribution in [2.45, 2.75) is 25.2 Å². The van der Waals surface area contributed by atoms with Crippen molar-refractivity contribution >= 4 is 32.9 Å². The number of nitro benzene ring substituents is 1. The van der Waals surface area contributed by atoms with E-state index in [2.05, 4.69) is 20.3 Å². The van der Waals surface area contributed by atoms with Crippen LogP contribution in [-0.4, -0.2) is 31.4 Å². The summed E-state index contributed by atoms with van der Waals surface area (Å²) >= 11 is 0. The molecule has 10 heteroatoms. The topological polar surface area (TPSA) is 126 Å². The molecule has 0 amide bonds. The molecular formula is C22H25N5O4S. The molecule has 168 valence electrons. The van der Waals surface area contributed by atoms with Crippen molar-refractivity contribution in [3.8, 4) is 0 Å². The molecule has 3 N–H and O–H groups in total. The highest BCUT2D eigenvalue weighted by Crippen LogP contribution is 2.29. The van der Waals surface area contributed by atoms with Crippen LogP contribution < -0.4 is 15.4 Å². The predicted octanol–water partition coefficient (Wildman–Crippen LogP) is 4.32. The van der Waals surface area contributed by atoms with Crippen LogP contribution in [0.2, 0.25) is 0 Å². The van der Waals surface area contributed by atoms with E-state index in [-0.39, 0.29) is 16.3 Å². The number of nitro groups is 1. The summed E-state index contributed by atoms with van der Waals surface area (Å²) in [7, 11) is -3.98. The summed E-state index contributed by atoms with van der Waals surface area (Å²) in [6, 6.07) is 14.7. The van der Waals surface area contributed by atoms with Gasteiger partial charge in [0.1, 0.15) is 11.5 Å². The molecule has 0 bridgehead atoms. The van der Waals surface area contributed by atoms with Gasteiger partial charge in [-0.2, -0.15) is 0 Å². The van der Waals surface area contributed by atoms with Gasteiger partial charge in [-0.15, -0.1) is 0 Å². The second kappa shape index (κ2) is 10.1. The maximum absolute atomic E-state index is 12.8. The van der Waals surface area contributed by atoms with Crippen LogP contribution in [0.1, 0.15) is 17.5 Å². The van der Waals surface area contributed by atoms with Crippen molar-refractivity contribution in [2.75, 3.05) is 28.4 Å². The zero-order valence-corrected chi connectivity index (χ0v) is 18.6. The molecule has 0 fully saturated rings. The molecule has 0 saturated carbocycles. The van der Waals surface area contributed by atoms with Crippen LogP contribution in [0.5, 0.6) is 0 Å². The van der Waals surface area contributed by atoms with Gasteiger partial charge in [-0.1, -0.05) is 23.8 Å². The Bertz CT molecular complexity index is 1200. The molecule has 3 aromatic rings. The largest absolute Gasteiger partial charge is 0.379 e. The van der Waals surface area contributed by atoms with Gasteiger partial charge in [0.25, 0.3) is 15.7 Å². The normalized spacial score (nSPS) is 11.1. The molecule has 0 aliphatic rings. The Kier molecular flexibility index (Phi) is 7.26. The number of aryl methyl sites for hydroxylation is 2. The van der Waals surface area contributed by atoms with Crippen molar-refractivity contribution in [2.24, 2.45) is 0 Å². The SMILES string of the molecule is Cc1ccc(NS(=O)(=O)c2ccc(NCCCNc3ccccn3)c([N+](=O)[O-])c2)c(C)c1. The van der Waals surface area contributed by atoms with Crippen molar-refractivity contribution in [3.63, 3.8) is 0 Å². The van der Waals surface area contributed by atoms with E-state index in [9.17, 15) is 18.5 Å². The summed E-state index contributed by atoms with van der Waals surface area (Å²) in [5, 5.41) is 17.7. The fourth-order valence-corrected chi connectivity index (χ4v) is 4.26. The number of nitrogens with zero attached hydrogens (tertiary/aromatic N) is 2. The Hall–Kier alpha value is -3.66. The first-order chi connectivity index (χ1) is 15.3. The number of aromatic nitrogens is 1. The van der Waals surface area contributed by atoms with Crippen LogP contribution in [0, 0.1) is 24.0 Å². The van der Waals surface area contributed by atoms with E-state index in [4.69, 9.17) is 0 Å². The van der Waals surface area contributed by atoms with Crippen LogP contribution in [0.3, 0.4) is 0 Å². The van der Waals surface area contributed by atoms with Crippen molar-refractivity contribution < 1.29 is 13.3 Å². The highest BCUT2D eigenvalue weighted by Gasteiger charge is 2.22. The molecule has 2 aromatic carbocycles. The lowest BCUT2D eigenvalue weighted by Crippen LogP contribution is -2.15. The van der Waals surface area contributed by atoms with Crippen LogP contribution in [-0.2, 0) is 10.0 Å². The molecule has 1 aromatic heterocycles. The van der Waals surface area contributed by atoms with Gasteiger partial charge in [-0.05, 0) is 56.2 Å². The summed E-state index contributed by atoms with van der Waals surface area (Å²) in [5.74, 6) is 0.754. The molecule has 0 aliphatic carbocycles.